The first kappa shape index (κ1) is 14.2. The van der Waals surface area contributed by atoms with E-state index in [0.29, 0.717) is 18.8 Å². The molecule has 0 aromatic rings. The van der Waals surface area contributed by atoms with Gasteiger partial charge >= 0.3 is 12.0 Å². The number of aliphatic carboxylic acids is 1. The van der Waals surface area contributed by atoms with E-state index in [9.17, 15) is 9.59 Å². The highest BCUT2D eigenvalue weighted by Gasteiger charge is 2.29. The summed E-state index contributed by atoms with van der Waals surface area (Å²) in [4.78, 5) is 22.6. The van der Waals surface area contributed by atoms with Crippen LogP contribution in [-0.2, 0) is 4.79 Å². The molecule has 0 heterocycles. The van der Waals surface area contributed by atoms with Gasteiger partial charge in [0.15, 0.2) is 0 Å². The van der Waals surface area contributed by atoms with E-state index in [0.717, 1.165) is 25.3 Å². The van der Waals surface area contributed by atoms with Crippen molar-refractivity contribution in [3.63, 3.8) is 0 Å². The molecule has 2 fully saturated rings. The van der Waals surface area contributed by atoms with Crippen LogP contribution in [0.25, 0.3) is 0 Å². The van der Waals surface area contributed by atoms with E-state index in [-0.39, 0.29) is 18.0 Å². The van der Waals surface area contributed by atoms with Gasteiger partial charge in [0.25, 0.3) is 0 Å². The molecular weight excluding hydrogens is 244 g/mol. The smallest absolute Gasteiger partial charge is 0.315 e. The molecule has 108 valence electrons. The van der Waals surface area contributed by atoms with Crippen molar-refractivity contribution in [2.75, 3.05) is 6.54 Å². The molecule has 2 amide bonds. The Morgan fingerprint density at radius 1 is 1.16 bits per heavy atom. The van der Waals surface area contributed by atoms with Gasteiger partial charge in [-0.25, -0.2) is 4.79 Å². The Bertz CT molecular complexity index is 334. The molecule has 1 atom stereocenters. The predicted molar refractivity (Wildman–Crippen MR) is 71.8 cm³/mol. The number of carboxylic acids is 1. The van der Waals surface area contributed by atoms with Crippen molar-refractivity contribution >= 4 is 12.0 Å². The van der Waals surface area contributed by atoms with Crippen molar-refractivity contribution < 1.29 is 14.7 Å². The van der Waals surface area contributed by atoms with E-state index >= 15 is 0 Å². The molecule has 2 saturated carbocycles. The minimum Gasteiger partial charge on any atom is -0.481 e. The first-order valence-corrected chi connectivity index (χ1v) is 7.33. The lowest BCUT2D eigenvalue weighted by Gasteiger charge is -2.27. The Labute approximate surface area is 114 Å². The number of hydrogen-bond donors (Lipinski definition) is 3. The minimum atomic E-state index is -0.707. The van der Waals surface area contributed by atoms with E-state index in [1.54, 1.807) is 0 Å². The van der Waals surface area contributed by atoms with Crippen LogP contribution in [0.15, 0.2) is 0 Å². The van der Waals surface area contributed by atoms with Crippen LogP contribution in [0.3, 0.4) is 0 Å². The topological polar surface area (TPSA) is 78.4 Å². The Hall–Kier alpha value is -1.26. The maximum Gasteiger partial charge on any atom is 0.315 e. The average Bonchev–Trinajstić information content (AvgIpc) is 3.21. The van der Waals surface area contributed by atoms with Crippen LogP contribution in [0.1, 0.15) is 45.4 Å². The van der Waals surface area contributed by atoms with E-state index in [1.165, 1.54) is 12.8 Å². The lowest BCUT2D eigenvalue weighted by molar-refractivity contribution is -0.142. The standard InChI is InChI=1S/C14H24N2O3/c1-9(10-2-3-10)8-15-14(19)16-12-6-4-11(5-7-12)13(17)18/h9-12H,2-8H2,1H3,(H,17,18)(H2,15,16,19). The molecule has 0 spiro atoms. The Balaban J connectivity index is 1.61. The molecule has 5 heteroatoms. The normalized spacial score (nSPS) is 28.5. The predicted octanol–water partition coefficient (Wildman–Crippen LogP) is 1.98. The fourth-order valence-corrected chi connectivity index (χ4v) is 2.81. The number of amides is 2. The van der Waals surface area contributed by atoms with Crippen LogP contribution in [0.2, 0.25) is 0 Å². The van der Waals surface area contributed by atoms with Gasteiger partial charge < -0.3 is 15.7 Å². The van der Waals surface area contributed by atoms with Gasteiger partial charge in [-0.3, -0.25) is 4.79 Å². The first-order valence-electron chi connectivity index (χ1n) is 7.33. The number of carbonyl (C=O) groups excluding carboxylic acids is 1. The molecule has 2 rings (SSSR count). The molecule has 0 bridgehead atoms. The summed E-state index contributed by atoms with van der Waals surface area (Å²) >= 11 is 0. The zero-order chi connectivity index (χ0) is 13.8. The Morgan fingerprint density at radius 3 is 2.32 bits per heavy atom. The fraction of sp³-hybridized carbons (Fsp3) is 0.857. The highest BCUT2D eigenvalue weighted by Crippen LogP contribution is 2.36. The van der Waals surface area contributed by atoms with Crippen LogP contribution in [0.5, 0.6) is 0 Å². The summed E-state index contributed by atoms with van der Waals surface area (Å²) in [5.41, 5.74) is 0. The summed E-state index contributed by atoms with van der Waals surface area (Å²) in [6.45, 7) is 2.91. The summed E-state index contributed by atoms with van der Waals surface area (Å²) in [6.07, 6.45) is 5.45. The molecule has 2 aliphatic carbocycles. The molecular formula is C14H24N2O3. The van der Waals surface area contributed by atoms with Crippen molar-refractivity contribution in [3.8, 4) is 0 Å². The van der Waals surface area contributed by atoms with E-state index < -0.39 is 5.97 Å². The third-order valence-corrected chi connectivity index (χ3v) is 4.42. The lowest BCUT2D eigenvalue weighted by Crippen LogP contribution is -2.45. The largest absolute Gasteiger partial charge is 0.481 e. The molecule has 5 nitrogen and oxygen atoms in total. The van der Waals surface area contributed by atoms with Gasteiger partial charge in [-0.2, -0.15) is 0 Å². The average molecular weight is 268 g/mol. The summed E-state index contributed by atoms with van der Waals surface area (Å²) in [7, 11) is 0. The van der Waals surface area contributed by atoms with Crippen molar-refractivity contribution in [2.24, 2.45) is 17.8 Å². The van der Waals surface area contributed by atoms with Gasteiger partial charge in [0, 0.05) is 12.6 Å². The summed E-state index contributed by atoms with van der Waals surface area (Å²) < 4.78 is 0. The van der Waals surface area contributed by atoms with Crippen LogP contribution in [0.4, 0.5) is 4.79 Å². The minimum absolute atomic E-state index is 0.105. The second kappa shape index (κ2) is 6.26. The van der Waals surface area contributed by atoms with Crippen LogP contribution < -0.4 is 10.6 Å². The van der Waals surface area contributed by atoms with Crippen LogP contribution in [0, 0.1) is 17.8 Å². The number of nitrogens with one attached hydrogen (secondary N) is 2. The molecule has 0 aliphatic heterocycles. The molecule has 0 aromatic carbocycles. The zero-order valence-electron chi connectivity index (χ0n) is 11.5. The van der Waals surface area contributed by atoms with Crippen molar-refractivity contribution in [1.82, 2.24) is 10.6 Å². The Kier molecular flexibility index (Phi) is 4.66. The number of carboxylic acid groups (broad SMARTS) is 1. The summed E-state index contributed by atoms with van der Waals surface area (Å²) in [5.74, 6) is 0.428. The van der Waals surface area contributed by atoms with Gasteiger partial charge in [0.2, 0.25) is 0 Å². The second-order valence-electron chi connectivity index (χ2n) is 6.06. The maximum absolute atomic E-state index is 11.7. The quantitative estimate of drug-likeness (QED) is 0.713. The Morgan fingerprint density at radius 2 is 1.79 bits per heavy atom. The number of urea groups is 1. The van der Waals surface area contributed by atoms with E-state index in [2.05, 4.69) is 17.6 Å². The summed E-state index contributed by atoms with van der Waals surface area (Å²) in [5, 5.41) is 14.8. The van der Waals surface area contributed by atoms with Gasteiger partial charge in [-0.1, -0.05) is 6.92 Å². The molecule has 1 unspecified atom stereocenters. The number of rotatable bonds is 5. The van der Waals surface area contributed by atoms with Crippen molar-refractivity contribution in [2.45, 2.75) is 51.5 Å². The van der Waals surface area contributed by atoms with Gasteiger partial charge in [-0.15, -0.1) is 0 Å². The van der Waals surface area contributed by atoms with Gasteiger partial charge in [-0.05, 0) is 50.4 Å². The first-order chi connectivity index (χ1) is 9.06. The third kappa shape index (κ3) is 4.40. The van der Waals surface area contributed by atoms with Crippen molar-refractivity contribution in [1.29, 1.82) is 0 Å². The van der Waals surface area contributed by atoms with Gasteiger partial charge in [0.1, 0.15) is 0 Å². The highest BCUT2D eigenvalue weighted by molar-refractivity contribution is 5.74. The van der Waals surface area contributed by atoms with E-state index in [4.69, 9.17) is 5.11 Å². The maximum atomic E-state index is 11.7. The molecule has 3 N–H and O–H groups in total. The number of hydrogen-bond acceptors (Lipinski definition) is 2. The lowest BCUT2D eigenvalue weighted by atomic mass is 9.86. The van der Waals surface area contributed by atoms with Crippen molar-refractivity contribution in [3.05, 3.63) is 0 Å². The monoisotopic (exact) mass is 268 g/mol. The molecule has 0 saturated heterocycles. The fourth-order valence-electron chi connectivity index (χ4n) is 2.81. The molecule has 19 heavy (non-hydrogen) atoms. The zero-order valence-corrected chi connectivity index (χ0v) is 11.5. The molecule has 0 aromatic heterocycles. The highest BCUT2D eigenvalue weighted by atomic mass is 16.4. The SMILES string of the molecule is CC(CNC(=O)NC1CCC(C(=O)O)CC1)C1CC1. The number of carbonyl (C=O) groups is 2. The van der Waals surface area contributed by atoms with Gasteiger partial charge in [0.05, 0.1) is 5.92 Å². The molecule has 0 radical (unpaired) electrons. The van der Waals surface area contributed by atoms with E-state index in [1.807, 2.05) is 0 Å². The second-order valence-corrected chi connectivity index (χ2v) is 6.06. The van der Waals surface area contributed by atoms with Crippen LogP contribution in [-0.4, -0.2) is 29.7 Å². The van der Waals surface area contributed by atoms with Crippen LogP contribution >= 0.6 is 0 Å². The summed E-state index contributed by atoms with van der Waals surface area (Å²) in [6, 6.07) is 0.0260. The third-order valence-electron chi connectivity index (χ3n) is 4.42. The molecule has 2 aliphatic rings.